The van der Waals surface area contributed by atoms with E-state index < -0.39 is 0 Å². The van der Waals surface area contributed by atoms with Crippen LogP contribution in [0.15, 0.2) is 40.3 Å². The highest BCUT2D eigenvalue weighted by molar-refractivity contribution is 7.99. The summed E-state index contributed by atoms with van der Waals surface area (Å²) in [5.41, 5.74) is 1.66. The SMILES string of the molecule is COc1ccc(CCNC(=O)CSc2nc(C(C)C)cc(=O)[nH]2)cc1. The fourth-order valence-electron chi connectivity index (χ4n) is 2.14. The summed E-state index contributed by atoms with van der Waals surface area (Å²) < 4.78 is 5.11. The molecular formula is C18H23N3O3S. The van der Waals surface area contributed by atoms with E-state index in [2.05, 4.69) is 15.3 Å². The molecule has 1 aromatic heterocycles. The molecule has 0 saturated heterocycles. The van der Waals surface area contributed by atoms with Gasteiger partial charge in [-0.15, -0.1) is 0 Å². The third kappa shape index (κ3) is 6.26. The van der Waals surface area contributed by atoms with Crippen molar-refractivity contribution < 1.29 is 9.53 Å². The summed E-state index contributed by atoms with van der Waals surface area (Å²) in [5, 5.41) is 3.34. The Morgan fingerprint density at radius 2 is 2.04 bits per heavy atom. The Balaban J connectivity index is 1.77. The van der Waals surface area contributed by atoms with Crippen molar-refractivity contribution in [3.8, 4) is 5.75 Å². The van der Waals surface area contributed by atoms with Crippen molar-refractivity contribution >= 4 is 17.7 Å². The molecule has 0 aliphatic carbocycles. The number of aromatic nitrogens is 2. The van der Waals surface area contributed by atoms with E-state index >= 15 is 0 Å². The van der Waals surface area contributed by atoms with Crippen molar-refractivity contribution in [2.45, 2.75) is 31.3 Å². The molecule has 1 aromatic carbocycles. The number of H-pyrrole nitrogens is 1. The van der Waals surface area contributed by atoms with Gasteiger partial charge in [-0.1, -0.05) is 37.7 Å². The van der Waals surface area contributed by atoms with Crippen molar-refractivity contribution in [3.63, 3.8) is 0 Å². The predicted molar refractivity (Wildman–Crippen MR) is 99.4 cm³/mol. The first-order chi connectivity index (χ1) is 12.0. The molecular weight excluding hydrogens is 338 g/mol. The normalized spacial score (nSPS) is 10.7. The van der Waals surface area contributed by atoms with Crippen LogP contribution in [0.1, 0.15) is 31.0 Å². The molecule has 7 heteroatoms. The quantitative estimate of drug-likeness (QED) is 0.557. The standard InChI is InChI=1S/C18H23N3O3S/c1-12(2)15-10-16(22)21-18(20-15)25-11-17(23)19-9-8-13-4-6-14(24-3)7-5-13/h4-7,10,12H,8-9,11H2,1-3H3,(H,19,23)(H,20,21,22). The van der Waals surface area contributed by atoms with E-state index in [-0.39, 0.29) is 23.1 Å². The van der Waals surface area contributed by atoms with E-state index in [1.165, 1.54) is 17.8 Å². The Hall–Kier alpha value is -2.28. The average Bonchev–Trinajstić information content (AvgIpc) is 2.60. The molecule has 1 heterocycles. The van der Waals surface area contributed by atoms with Gasteiger partial charge in [0.15, 0.2) is 5.16 Å². The summed E-state index contributed by atoms with van der Waals surface area (Å²) in [6.45, 7) is 4.51. The molecule has 0 aliphatic heterocycles. The molecule has 134 valence electrons. The highest BCUT2D eigenvalue weighted by Crippen LogP contribution is 2.15. The molecule has 1 amide bonds. The molecule has 0 radical (unpaired) electrons. The van der Waals surface area contributed by atoms with E-state index in [1.54, 1.807) is 7.11 Å². The monoisotopic (exact) mass is 361 g/mol. The van der Waals surface area contributed by atoms with Crippen LogP contribution in [-0.2, 0) is 11.2 Å². The van der Waals surface area contributed by atoms with Gasteiger partial charge in [0.1, 0.15) is 5.75 Å². The number of nitrogens with one attached hydrogen (secondary N) is 2. The van der Waals surface area contributed by atoms with E-state index in [9.17, 15) is 9.59 Å². The number of benzene rings is 1. The minimum absolute atomic E-state index is 0.0869. The lowest BCUT2D eigenvalue weighted by atomic mass is 10.1. The molecule has 0 atom stereocenters. The van der Waals surface area contributed by atoms with Crippen LogP contribution in [0.4, 0.5) is 0 Å². The number of carbonyl (C=O) groups excluding carboxylic acids is 1. The van der Waals surface area contributed by atoms with E-state index in [4.69, 9.17) is 4.74 Å². The average molecular weight is 361 g/mol. The summed E-state index contributed by atoms with van der Waals surface area (Å²) in [6, 6.07) is 9.24. The Labute approximate surface area is 151 Å². The lowest BCUT2D eigenvalue weighted by Crippen LogP contribution is -2.27. The molecule has 0 bridgehead atoms. The molecule has 0 spiro atoms. The highest BCUT2D eigenvalue weighted by atomic mass is 32.2. The molecule has 2 N–H and O–H groups in total. The van der Waals surface area contributed by atoms with Gasteiger partial charge >= 0.3 is 0 Å². The van der Waals surface area contributed by atoms with Crippen LogP contribution in [0.25, 0.3) is 0 Å². The van der Waals surface area contributed by atoms with E-state index in [0.29, 0.717) is 11.7 Å². The first-order valence-corrected chi connectivity index (χ1v) is 9.10. The van der Waals surface area contributed by atoms with Crippen LogP contribution in [-0.4, -0.2) is 35.3 Å². The highest BCUT2D eigenvalue weighted by Gasteiger charge is 2.08. The number of hydrogen-bond acceptors (Lipinski definition) is 5. The Bertz CT molecular complexity index is 757. The lowest BCUT2D eigenvalue weighted by Gasteiger charge is -2.07. The minimum atomic E-state index is -0.193. The number of ether oxygens (including phenoxy) is 1. The zero-order valence-electron chi connectivity index (χ0n) is 14.7. The summed E-state index contributed by atoms with van der Waals surface area (Å²) in [7, 11) is 1.63. The van der Waals surface area contributed by atoms with Gasteiger partial charge in [0.2, 0.25) is 5.91 Å². The van der Waals surface area contributed by atoms with Crippen LogP contribution < -0.4 is 15.6 Å². The summed E-state index contributed by atoms with van der Waals surface area (Å²) in [6.07, 6.45) is 0.748. The Morgan fingerprint density at radius 1 is 1.32 bits per heavy atom. The number of rotatable bonds is 8. The summed E-state index contributed by atoms with van der Waals surface area (Å²) >= 11 is 1.23. The molecule has 0 saturated carbocycles. The summed E-state index contributed by atoms with van der Waals surface area (Å²) in [4.78, 5) is 30.6. The van der Waals surface area contributed by atoms with Gasteiger partial charge in [-0.25, -0.2) is 4.98 Å². The van der Waals surface area contributed by atoms with Gasteiger partial charge in [0.05, 0.1) is 18.6 Å². The van der Waals surface area contributed by atoms with Gasteiger partial charge in [-0.2, -0.15) is 0 Å². The first-order valence-electron chi connectivity index (χ1n) is 8.11. The first kappa shape index (κ1) is 19.1. The fraction of sp³-hybridized carbons (Fsp3) is 0.389. The zero-order chi connectivity index (χ0) is 18.2. The Morgan fingerprint density at radius 3 is 2.68 bits per heavy atom. The third-order valence-corrected chi connectivity index (χ3v) is 4.44. The smallest absolute Gasteiger partial charge is 0.251 e. The van der Waals surface area contributed by atoms with Gasteiger partial charge in [0.25, 0.3) is 5.56 Å². The molecule has 25 heavy (non-hydrogen) atoms. The molecule has 2 rings (SSSR count). The molecule has 0 aliphatic rings. The van der Waals surface area contributed by atoms with Crippen LogP contribution >= 0.6 is 11.8 Å². The Kier molecular flexibility index (Phi) is 7.06. The second kappa shape index (κ2) is 9.27. The summed E-state index contributed by atoms with van der Waals surface area (Å²) in [5.74, 6) is 1.11. The topological polar surface area (TPSA) is 84.1 Å². The maximum atomic E-state index is 11.9. The largest absolute Gasteiger partial charge is 0.497 e. The molecule has 0 unspecified atom stereocenters. The van der Waals surface area contributed by atoms with Crippen LogP contribution in [0.2, 0.25) is 0 Å². The van der Waals surface area contributed by atoms with Gasteiger partial charge in [-0.05, 0) is 30.0 Å². The number of nitrogens with zero attached hydrogens (tertiary/aromatic N) is 1. The molecule has 6 nitrogen and oxygen atoms in total. The predicted octanol–water partition coefficient (Wildman–Crippen LogP) is 2.35. The number of hydrogen-bond donors (Lipinski definition) is 2. The van der Waals surface area contributed by atoms with Gasteiger partial charge in [-0.3, -0.25) is 9.59 Å². The number of aromatic amines is 1. The van der Waals surface area contributed by atoms with Crippen molar-refractivity contribution in [1.29, 1.82) is 0 Å². The van der Waals surface area contributed by atoms with Crippen LogP contribution in [0, 0.1) is 0 Å². The molecule has 2 aromatic rings. The van der Waals surface area contributed by atoms with Gasteiger partial charge in [0, 0.05) is 12.6 Å². The maximum absolute atomic E-state index is 11.9. The number of carbonyl (C=O) groups is 1. The fourth-order valence-corrected chi connectivity index (χ4v) is 2.85. The maximum Gasteiger partial charge on any atom is 0.251 e. The van der Waals surface area contributed by atoms with Crippen molar-refractivity contribution in [2.75, 3.05) is 19.4 Å². The van der Waals surface area contributed by atoms with Crippen LogP contribution in [0.3, 0.4) is 0 Å². The number of methoxy groups -OCH3 is 1. The second-order valence-corrected chi connectivity index (χ2v) is 6.83. The van der Waals surface area contributed by atoms with Gasteiger partial charge < -0.3 is 15.0 Å². The van der Waals surface area contributed by atoms with Crippen LogP contribution in [0.5, 0.6) is 5.75 Å². The minimum Gasteiger partial charge on any atom is -0.497 e. The zero-order valence-corrected chi connectivity index (χ0v) is 15.5. The van der Waals surface area contributed by atoms with E-state index in [0.717, 1.165) is 23.4 Å². The number of amides is 1. The molecule has 0 fully saturated rings. The van der Waals surface area contributed by atoms with Crippen molar-refractivity contribution in [3.05, 3.63) is 51.9 Å². The second-order valence-electron chi connectivity index (χ2n) is 5.87. The van der Waals surface area contributed by atoms with Crippen molar-refractivity contribution in [2.24, 2.45) is 0 Å². The van der Waals surface area contributed by atoms with Crippen molar-refractivity contribution in [1.82, 2.24) is 15.3 Å². The third-order valence-electron chi connectivity index (χ3n) is 3.57. The number of thioether (sulfide) groups is 1. The lowest BCUT2D eigenvalue weighted by molar-refractivity contribution is -0.118. The van der Waals surface area contributed by atoms with E-state index in [1.807, 2.05) is 38.1 Å².